The molecule has 4 rings (SSSR count). The van der Waals surface area contributed by atoms with Gasteiger partial charge in [0.1, 0.15) is 0 Å². The average molecular weight is 382 g/mol. The van der Waals surface area contributed by atoms with Crippen molar-refractivity contribution in [2.75, 3.05) is 20.6 Å². The number of nitrogens with one attached hydrogen (secondary N) is 1. The van der Waals surface area contributed by atoms with E-state index < -0.39 is 0 Å². The Hall–Kier alpha value is -1.74. The van der Waals surface area contributed by atoms with Gasteiger partial charge in [-0.25, -0.2) is 0 Å². The second-order valence-corrected chi connectivity index (χ2v) is 7.96. The second kappa shape index (κ2) is 8.30. The van der Waals surface area contributed by atoms with E-state index in [1.54, 1.807) is 0 Å². The molecule has 0 atom stereocenters. The highest BCUT2D eigenvalue weighted by atomic mass is 35.5. The van der Waals surface area contributed by atoms with Crippen molar-refractivity contribution in [2.24, 2.45) is 0 Å². The van der Waals surface area contributed by atoms with Crippen LogP contribution in [0.5, 0.6) is 0 Å². The molecule has 0 unspecified atom stereocenters. The first-order valence-corrected chi connectivity index (χ1v) is 9.95. The molecular formula is C23H24ClNS. The summed E-state index contributed by atoms with van der Waals surface area (Å²) in [4.78, 5) is 2.92. The molecule has 134 valence electrons. The summed E-state index contributed by atoms with van der Waals surface area (Å²) in [7, 11) is 4.44. The van der Waals surface area contributed by atoms with Crippen LogP contribution in [0.2, 0.25) is 0 Å². The summed E-state index contributed by atoms with van der Waals surface area (Å²) in [6.45, 7) is 1.15. The molecule has 26 heavy (non-hydrogen) atoms. The molecule has 0 aromatic heterocycles. The van der Waals surface area contributed by atoms with Gasteiger partial charge >= 0.3 is 0 Å². The van der Waals surface area contributed by atoms with Crippen molar-refractivity contribution in [2.45, 2.75) is 17.1 Å². The summed E-state index contributed by atoms with van der Waals surface area (Å²) >= 11 is 1.98. The number of hydrogen-bond donors (Lipinski definition) is 1. The SMILES string of the molecule is C[NH+](C)CC/C=C1\c2ccccc2CSc2c1ccc1ccccc21.[Cl-]. The van der Waals surface area contributed by atoms with Gasteiger partial charge in [-0.1, -0.05) is 66.7 Å². The number of halogens is 1. The van der Waals surface area contributed by atoms with E-state index in [0.29, 0.717) is 0 Å². The summed E-state index contributed by atoms with van der Waals surface area (Å²) in [5, 5.41) is 2.71. The molecule has 3 heteroatoms. The van der Waals surface area contributed by atoms with E-state index in [4.69, 9.17) is 0 Å². The Labute approximate surface area is 166 Å². The van der Waals surface area contributed by atoms with Gasteiger partial charge in [0.05, 0.1) is 20.6 Å². The molecule has 3 aromatic rings. The molecule has 3 aromatic carbocycles. The van der Waals surface area contributed by atoms with Crippen molar-refractivity contribution in [3.8, 4) is 0 Å². The average Bonchev–Trinajstić information content (AvgIpc) is 2.79. The van der Waals surface area contributed by atoms with Gasteiger partial charge in [0, 0.05) is 17.1 Å². The van der Waals surface area contributed by atoms with Gasteiger partial charge in [-0.2, -0.15) is 0 Å². The predicted octanol–water partition coefficient (Wildman–Crippen LogP) is 1.42. The van der Waals surface area contributed by atoms with Crippen molar-refractivity contribution in [1.82, 2.24) is 0 Å². The van der Waals surface area contributed by atoms with Crippen molar-refractivity contribution in [1.29, 1.82) is 0 Å². The first kappa shape index (κ1) is 19.0. The Morgan fingerprint density at radius 2 is 1.69 bits per heavy atom. The fraction of sp³-hybridized carbons (Fsp3) is 0.217. The molecule has 1 heterocycles. The summed E-state index contributed by atoms with van der Waals surface area (Å²) in [5.41, 5.74) is 5.64. The van der Waals surface area contributed by atoms with E-state index in [2.05, 4.69) is 80.8 Å². The maximum atomic E-state index is 2.45. The lowest BCUT2D eigenvalue weighted by atomic mass is 9.92. The molecule has 1 N–H and O–H groups in total. The predicted molar refractivity (Wildman–Crippen MR) is 109 cm³/mol. The maximum absolute atomic E-state index is 2.45. The fourth-order valence-corrected chi connectivity index (χ4v) is 4.77. The zero-order chi connectivity index (χ0) is 17.2. The lowest BCUT2D eigenvalue weighted by Crippen LogP contribution is -3.05. The number of thioether (sulfide) groups is 1. The minimum atomic E-state index is 0. The molecule has 0 fully saturated rings. The highest BCUT2D eigenvalue weighted by Gasteiger charge is 2.19. The van der Waals surface area contributed by atoms with Crippen LogP contribution in [0.4, 0.5) is 0 Å². The molecule has 0 bridgehead atoms. The molecular weight excluding hydrogens is 358 g/mol. The number of fused-ring (bicyclic) bond motifs is 4. The molecule has 1 aliphatic rings. The van der Waals surface area contributed by atoms with Crippen LogP contribution in [0.25, 0.3) is 16.3 Å². The Bertz CT molecular complexity index is 946. The standard InChI is InChI=1S/C23H23NS.ClH/c1-24(2)15-7-12-21-19-10-5-4-9-18(19)16-25-23-20-11-6-3-8-17(20)13-14-22(21)23;/h3-6,8-14H,7,15-16H2,1-2H3;1H/b21-12+;. The smallest absolute Gasteiger partial charge is 0.0802 e. The third-order valence-corrected chi connectivity index (χ3v) is 6.03. The van der Waals surface area contributed by atoms with Crippen molar-refractivity contribution in [3.63, 3.8) is 0 Å². The van der Waals surface area contributed by atoms with Gasteiger partial charge < -0.3 is 17.3 Å². The van der Waals surface area contributed by atoms with E-state index in [0.717, 1.165) is 18.7 Å². The molecule has 0 saturated heterocycles. The summed E-state index contributed by atoms with van der Waals surface area (Å²) < 4.78 is 0. The van der Waals surface area contributed by atoms with E-state index in [9.17, 15) is 0 Å². The highest BCUT2D eigenvalue weighted by Crippen LogP contribution is 2.43. The molecule has 0 spiro atoms. The van der Waals surface area contributed by atoms with Crippen LogP contribution >= 0.6 is 11.8 Å². The van der Waals surface area contributed by atoms with Crippen LogP contribution < -0.4 is 17.3 Å². The van der Waals surface area contributed by atoms with Crippen molar-refractivity contribution in [3.05, 3.63) is 83.4 Å². The Balaban J connectivity index is 0.00000196. The van der Waals surface area contributed by atoms with Crippen LogP contribution in [-0.4, -0.2) is 20.6 Å². The first-order chi connectivity index (χ1) is 12.2. The van der Waals surface area contributed by atoms with Crippen molar-refractivity contribution < 1.29 is 17.3 Å². The lowest BCUT2D eigenvalue weighted by Gasteiger charge is -2.14. The van der Waals surface area contributed by atoms with Gasteiger partial charge in [0.25, 0.3) is 0 Å². The number of rotatable bonds is 3. The van der Waals surface area contributed by atoms with Crippen molar-refractivity contribution >= 4 is 28.1 Å². The maximum Gasteiger partial charge on any atom is 0.0802 e. The summed E-state index contributed by atoms with van der Waals surface area (Å²) in [6.07, 6.45) is 3.55. The quantitative estimate of drug-likeness (QED) is 0.719. The van der Waals surface area contributed by atoms with Crippen LogP contribution in [-0.2, 0) is 5.75 Å². The molecule has 0 amide bonds. The fourth-order valence-electron chi connectivity index (χ4n) is 3.54. The third-order valence-electron chi connectivity index (χ3n) is 4.84. The van der Waals surface area contributed by atoms with Crippen LogP contribution in [0.1, 0.15) is 23.1 Å². The zero-order valence-electron chi connectivity index (χ0n) is 15.3. The van der Waals surface area contributed by atoms with Gasteiger partial charge in [0.15, 0.2) is 0 Å². The normalized spacial score (nSPS) is 14.7. The van der Waals surface area contributed by atoms with Gasteiger partial charge in [-0.3, -0.25) is 0 Å². The number of quaternary nitrogens is 1. The zero-order valence-corrected chi connectivity index (χ0v) is 16.8. The van der Waals surface area contributed by atoms with Gasteiger partial charge in [-0.15, -0.1) is 11.8 Å². The largest absolute Gasteiger partial charge is 1.00 e. The Morgan fingerprint density at radius 3 is 2.54 bits per heavy atom. The van der Waals surface area contributed by atoms with E-state index in [-0.39, 0.29) is 12.4 Å². The van der Waals surface area contributed by atoms with Crippen LogP contribution in [0.15, 0.2) is 71.6 Å². The minimum Gasteiger partial charge on any atom is -1.00 e. The lowest BCUT2D eigenvalue weighted by molar-refractivity contribution is -0.857. The molecule has 0 aliphatic carbocycles. The molecule has 0 radical (unpaired) electrons. The summed E-state index contributed by atoms with van der Waals surface area (Å²) in [5.74, 6) is 1.04. The topological polar surface area (TPSA) is 4.44 Å². The molecule has 1 aliphatic heterocycles. The highest BCUT2D eigenvalue weighted by molar-refractivity contribution is 7.98. The Morgan fingerprint density at radius 1 is 0.923 bits per heavy atom. The molecule has 0 saturated carbocycles. The Kier molecular flexibility index (Phi) is 6.08. The van der Waals surface area contributed by atoms with Gasteiger partial charge in [-0.05, 0) is 33.0 Å². The van der Waals surface area contributed by atoms with E-state index >= 15 is 0 Å². The number of hydrogen-bond acceptors (Lipinski definition) is 1. The van der Waals surface area contributed by atoms with Crippen LogP contribution in [0.3, 0.4) is 0 Å². The minimum absolute atomic E-state index is 0. The van der Waals surface area contributed by atoms with Gasteiger partial charge in [0.2, 0.25) is 0 Å². The van der Waals surface area contributed by atoms with E-state index in [1.807, 2.05) is 11.8 Å². The second-order valence-electron chi connectivity index (χ2n) is 6.97. The molecule has 1 nitrogen and oxygen atoms in total. The third kappa shape index (κ3) is 3.68. The monoisotopic (exact) mass is 381 g/mol. The summed E-state index contributed by atoms with van der Waals surface area (Å²) in [6, 6.07) is 22.2. The van der Waals surface area contributed by atoms with Crippen LogP contribution in [0, 0.1) is 0 Å². The number of benzene rings is 3. The first-order valence-electron chi connectivity index (χ1n) is 8.96. The van der Waals surface area contributed by atoms with E-state index in [1.165, 1.54) is 42.8 Å².